The molecule has 12 heteroatoms. The van der Waals surface area contributed by atoms with Gasteiger partial charge in [-0.25, -0.2) is 4.98 Å². The molecule has 2 rings (SSSR count). The zero-order valence-corrected chi connectivity index (χ0v) is 13.9. The lowest BCUT2D eigenvalue weighted by molar-refractivity contribution is -0.141. The number of pyridine rings is 2. The van der Waals surface area contributed by atoms with Gasteiger partial charge in [0, 0.05) is 12.4 Å². The average Bonchev–Trinajstić information content (AvgIpc) is 2.58. The van der Waals surface area contributed by atoms with E-state index in [0.29, 0.717) is 12.3 Å². The van der Waals surface area contributed by atoms with Crippen molar-refractivity contribution in [2.24, 2.45) is 0 Å². The third-order valence-electron chi connectivity index (χ3n) is 3.08. The van der Waals surface area contributed by atoms with Crippen LogP contribution >= 0.6 is 11.6 Å². The van der Waals surface area contributed by atoms with E-state index in [0.717, 1.165) is 12.3 Å². The number of hydrogen-bond acceptors (Lipinski definition) is 4. The summed E-state index contributed by atoms with van der Waals surface area (Å²) in [6.45, 7) is -0.532. The van der Waals surface area contributed by atoms with E-state index >= 15 is 0 Å². The number of nitrogens with zero attached hydrogens (tertiary/aromatic N) is 2. The number of aromatic nitrogens is 2. The van der Waals surface area contributed by atoms with Gasteiger partial charge in [0.05, 0.1) is 17.7 Å². The SMILES string of the molecule is O=C(NCCOc1ncc(C(F)(F)F)cc1Cl)c1cccnc1C(F)(F)F. The Morgan fingerprint density at radius 3 is 2.44 bits per heavy atom. The van der Waals surface area contributed by atoms with Crippen molar-refractivity contribution in [2.75, 3.05) is 13.2 Å². The summed E-state index contributed by atoms with van der Waals surface area (Å²) in [5.41, 5.74) is -3.07. The second kappa shape index (κ2) is 7.99. The third kappa shape index (κ3) is 5.46. The summed E-state index contributed by atoms with van der Waals surface area (Å²) in [7, 11) is 0. The van der Waals surface area contributed by atoms with Crippen molar-refractivity contribution in [3.8, 4) is 5.88 Å². The van der Waals surface area contributed by atoms with Crippen molar-refractivity contribution < 1.29 is 35.9 Å². The van der Waals surface area contributed by atoms with Gasteiger partial charge in [0.2, 0.25) is 5.88 Å². The number of amides is 1. The molecule has 0 radical (unpaired) electrons. The summed E-state index contributed by atoms with van der Waals surface area (Å²) < 4.78 is 81.0. The lowest BCUT2D eigenvalue weighted by Crippen LogP contribution is -2.30. The minimum atomic E-state index is -4.80. The van der Waals surface area contributed by atoms with Crippen molar-refractivity contribution >= 4 is 17.5 Å². The van der Waals surface area contributed by atoms with Gasteiger partial charge in [-0.2, -0.15) is 26.3 Å². The summed E-state index contributed by atoms with van der Waals surface area (Å²) >= 11 is 5.64. The molecule has 0 bridgehead atoms. The molecular weight excluding hydrogens is 404 g/mol. The van der Waals surface area contributed by atoms with Crippen molar-refractivity contribution in [1.29, 1.82) is 0 Å². The molecule has 0 aliphatic heterocycles. The number of ether oxygens (including phenoxy) is 1. The molecule has 0 aliphatic rings. The van der Waals surface area contributed by atoms with E-state index in [2.05, 4.69) is 15.3 Å². The molecule has 0 saturated heterocycles. The van der Waals surface area contributed by atoms with Crippen LogP contribution in [0.1, 0.15) is 21.6 Å². The van der Waals surface area contributed by atoms with Gasteiger partial charge in [-0.15, -0.1) is 0 Å². The van der Waals surface area contributed by atoms with Crippen LogP contribution in [-0.4, -0.2) is 29.0 Å². The highest BCUT2D eigenvalue weighted by atomic mass is 35.5. The van der Waals surface area contributed by atoms with Gasteiger partial charge in [0.1, 0.15) is 11.6 Å². The molecule has 0 fully saturated rings. The minimum Gasteiger partial charge on any atom is -0.475 e. The molecule has 2 aromatic rings. The Bertz CT molecular complexity index is 826. The Kier molecular flexibility index (Phi) is 6.14. The highest BCUT2D eigenvalue weighted by molar-refractivity contribution is 6.31. The van der Waals surface area contributed by atoms with Crippen molar-refractivity contribution in [3.05, 3.63) is 52.4 Å². The van der Waals surface area contributed by atoms with Crippen LogP contribution < -0.4 is 10.1 Å². The quantitative estimate of drug-likeness (QED) is 0.595. The zero-order chi connectivity index (χ0) is 20.2. The predicted molar refractivity (Wildman–Crippen MR) is 81.3 cm³/mol. The summed E-state index contributed by atoms with van der Waals surface area (Å²) in [5.74, 6) is -1.35. The van der Waals surface area contributed by atoms with Crippen LogP contribution in [-0.2, 0) is 12.4 Å². The van der Waals surface area contributed by atoms with Gasteiger partial charge < -0.3 is 10.1 Å². The lowest BCUT2D eigenvalue weighted by Gasteiger charge is -2.12. The number of alkyl halides is 6. The molecule has 1 amide bonds. The van der Waals surface area contributed by atoms with E-state index in [1.807, 2.05) is 0 Å². The Balaban J connectivity index is 1.94. The fourth-order valence-corrected chi connectivity index (χ4v) is 2.13. The number of halogens is 7. The average molecular weight is 414 g/mol. The van der Waals surface area contributed by atoms with Crippen LogP contribution in [0.15, 0.2) is 30.6 Å². The first kappa shape index (κ1) is 20.7. The maximum atomic E-state index is 12.8. The van der Waals surface area contributed by atoms with E-state index in [9.17, 15) is 31.1 Å². The predicted octanol–water partition coefficient (Wildman–Crippen LogP) is 3.98. The minimum absolute atomic E-state index is 0.246. The molecule has 1 N–H and O–H groups in total. The molecule has 146 valence electrons. The summed E-state index contributed by atoms with van der Waals surface area (Å²) in [4.78, 5) is 18.4. The standard InChI is InChI=1S/C15H10ClF6N3O2/c16-10-6-8(14(17,18)19)7-25-13(10)27-5-4-24-12(26)9-2-1-3-23-11(9)15(20,21)22/h1-3,6-7H,4-5H2,(H,24,26). The second-order valence-electron chi connectivity index (χ2n) is 5.01. The molecule has 0 saturated carbocycles. The molecule has 0 spiro atoms. The number of nitrogens with one attached hydrogen (secondary N) is 1. The fourth-order valence-electron chi connectivity index (χ4n) is 1.91. The molecule has 5 nitrogen and oxygen atoms in total. The molecule has 0 aromatic carbocycles. The monoisotopic (exact) mass is 413 g/mol. The summed E-state index contributed by atoms with van der Waals surface area (Å²) in [6.07, 6.45) is -8.00. The highest BCUT2D eigenvalue weighted by Gasteiger charge is 2.37. The highest BCUT2D eigenvalue weighted by Crippen LogP contribution is 2.33. The van der Waals surface area contributed by atoms with Gasteiger partial charge in [0.15, 0.2) is 5.69 Å². The van der Waals surface area contributed by atoms with Gasteiger partial charge in [0.25, 0.3) is 5.91 Å². The first-order chi connectivity index (χ1) is 12.5. The molecule has 2 aromatic heterocycles. The summed E-state index contributed by atoms with van der Waals surface area (Å²) in [6, 6.07) is 2.75. The van der Waals surface area contributed by atoms with Crippen LogP contribution in [0.25, 0.3) is 0 Å². The Labute approximate surface area is 153 Å². The van der Waals surface area contributed by atoms with Crippen LogP contribution in [0.2, 0.25) is 5.02 Å². The number of hydrogen-bond donors (Lipinski definition) is 1. The molecule has 27 heavy (non-hydrogen) atoms. The molecule has 0 unspecified atom stereocenters. The molecule has 0 atom stereocenters. The maximum Gasteiger partial charge on any atom is 0.434 e. The van der Waals surface area contributed by atoms with E-state index in [1.54, 1.807) is 0 Å². The van der Waals surface area contributed by atoms with Crippen LogP contribution in [0.3, 0.4) is 0 Å². The number of carbonyl (C=O) groups excluding carboxylic acids is 1. The van der Waals surface area contributed by atoms with Crippen molar-refractivity contribution in [1.82, 2.24) is 15.3 Å². The van der Waals surface area contributed by atoms with E-state index in [4.69, 9.17) is 16.3 Å². The third-order valence-corrected chi connectivity index (χ3v) is 3.35. The molecule has 0 aliphatic carbocycles. The van der Waals surface area contributed by atoms with Gasteiger partial charge >= 0.3 is 12.4 Å². The van der Waals surface area contributed by atoms with Gasteiger partial charge in [-0.1, -0.05) is 11.6 Å². The molecule has 2 heterocycles. The van der Waals surface area contributed by atoms with E-state index in [1.165, 1.54) is 6.07 Å². The first-order valence-electron chi connectivity index (χ1n) is 7.16. The van der Waals surface area contributed by atoms with Crippen molar-refractivity contribution in [3.63, 3.8) is 0 Å². The number of carbonyl (C=O) groups is 1. The zero-order valence-electron chi connectivity index (χ0n) is 13.2. The fraction of sp³-hybridized carbons (Fsp3) is 0.267. The van der Waals surface area contributed by atoms with E-state index < -0.39 is 40.1 Å². The second-order valence-corrected chi connectivity index (χ2v) is 5.42. The Morgan fingerprint density at radius 2 is 1.85 bits per heavy atom. The normalized spacial score (nSPS) is 12.0. The topological polar surface area (TPSA) is 64.1 Å². The number of rotatable bonds is 5. The smallest absolute Gasteiger partial charge is 0.434 e. The van der Waals surface area contributed by atoms with Crippen molar-refractivity contribution in [2.45, 2.75) is 12.4 Å². The van der Waals surface area contributed by atoms with E-state index in [-0.39, 0.29) is 19.0 Å². The van der Waals surface area contributed by atoms with Crippen LogP contribution in [0.4, 0.5) is 26.3 Å². The first-order valence-corrected chi connectivity index (χ1v) is 7.54. The van der Waals surface area contributed by atoms with Crippen LogP contribution in [0.5, 0.6) is 5.88 Å². The Morgan fingerprint density at radius 1 is 1.15 bits per heavy atom. The lowest BCUT2D eigenvalue weighted by atomic mass is 10.1. The van der Waals surface area contributed by atoms with Gasteiger partial charge in [-0.3, -0.25) is 9.78 Å². The van der Waals surface area contributed by atoms with Crippen LogP contribution in [0, 0.1) is 0 Å². The van der Waals surface area contributed by atoms with Gasteiger partial charge in [-0.05, 0) is 18.2 Å². The maximum absolute atomic E-state index is 12.8. The summed E-state index contributed by atoms with van der Waals surface area (Å²) in [5, 5.41) is 1.78. The molecular formula is C15H10ClF6N3O2. The largest absolute Gasteiger partial charge is 0.475 e. The Hall–Kier alpha value is -2.56.